The molecule has 4 nitrogen and oxygen atoms in total. The average Bonchev–Trinajstić information content (AvgIpc) is 2.31. The van der Waals surface area contributed by atoms with Crippen molar-refractivity contribution in [1.29, 1.82) is 0 Å². The molecule has 1 unspecified atom stereocenters. The second kappa shape index (κ2) is 14.9. The molecule has 0 bridgehead atoms. The Balaban J connectivity index is -0.000000253. The number of benzene rings is 1. The molecule has 0 aliphatic rings. The molecule has 19 heavy (non-hydrogen) atoms. The molecular weight excluding hydrogens is 414 g/mol. The summed E-state index contributed by atoms with van der Waals surface area (Å²) >= 11 is 0. The second-order valence-corrected chi connectivity index (χ2v) is 3.55. The van der Waals surface area contributed by atoms with Crippen LogP contribution in [0.3, 0.4) is 0 Å². The topological polar surface area (TPSA) is 55.4 Å². The van der Waals surface area contributed by atoms with Crippen LogP contribution in [0.15, 0.2) is 24.3 Å². The predicted octanol–water partition coefficient (Wildman–Crippen LogP) is 1.93. The van der Waals surface area contributed by atoms with E-state index in [-0.39, 0.29) is 46.9 Å². The number of carbonyl (C=O) groups is 2. The van der Waals surface area contributed by atoms with Crippen LogP contribution in [-0.4, -0.2) is 25.5 Å². The van der Waals surface area contributed by atoms with Crippen molar-refractivity contribution in [3.63, 3.8) is 0 Å². The second-order valence-electron chi connectivity index (χ2n) is 3.55. The summed E-state index contributed by atoms with van der Waals surface area (Å²) in [4.78, 5) is 20.3. The molecule has 0 radical (unpaired) electrons. The molecule has 1 amide bonds. The Hall–Kier alpha value is -1.15. The minimum atomic E-state index is -0.318. The first-order valence-electron chi connectivity index (χ1n) is 5.29. The fraction of sp³-hybridized carbons (Fsp3) is 0.357. The zero-order valence-electron chi connectivity index (χ0n) is 11.8. The van der Waals surface area contributed by atoms with Gasteiger partial charge in [-0.2, -0.15) is 35.9 Å². The van der Waals surface area contributed by atoms with Gasteiger partial charge in [0.15, 0.2) is 0 Å². The van der Waals surface area contributed by atoms with Crippen LogP contribution in [0.4, 0.5) is 0 Å². The van der Waals surface area contributed by atoms with Gasteiger partial charge in [-0.3, -0.25) is 9.59 Å². The van der Waals surface area contributed by atoms with Crippen LogP contribution in [0, 0.1) is 20.4 Å². The van der Waals surface area contributed by atoms with Crippen LogP contribution in [0.5, 0.6) is 0 Å². The van der Waals surface area contributed by atoms with Crippen LogP contribution in [0.1, 0.15) is 18.9 Å². The van der Waals surface area contributed by atoms with E-state index in [2.05, 4.69) is 29.1 Å². The fourth-order valence-corrected chi connectivity index (χ4v) is 0.992. The molecule has 1 atom stereocenters. The summed E-state index contributed by atoms with van der Waals surface area (Å²) in [6.07, 6.45) is 0.781. The number of hydrogen-bond donors (Lipinski definition) is 1. The molecule has 0 spiro atoms. The largest absolute Gasteiger partial charge is 2.00 e. The summed E-state index contributed by atoms with van der Waals surface area (Å²) in [6.45, 7) is 3.78. The third kappa shape index (κ3) is 14.8. The van der Waals surface area contributed by atoms with Crippen molar-refractivity contribution < 1.29 is 35.4 Å². The molecule has 0 aliphatic heterocycles. The van der Waals surface area contributed by atoms with E-state index in [4.69, 9.17) is 0 Å². The predicted molar refractivity (Wildman–Crippen MR) is 71.7 cm³/mol. The van der Waals surface area contributed by atoms with Crippen molar-refractivity contribution in [1.82, 2.24) is 5.32 Å². The van der Waals surface area contributed by atoms with E-state index in [0.29, 0.717) is 6.41 Å². The van der Waals surface area contributed by atoms with Gasteiger partial charge in [-0.25, -0.2) is 0 Å². The molecule has 0 saturated heterocycles. The van der Waals surface area contributed by atoms with Gasteiger partial charge >= 0.3 is 27.0 Å². The van der Waals surface area contributed by atoms with Crippen molar-refractivity contribution in [3.05, 3.63) is 43.3 Å². The molecule has 0 heterocycles. The molecule has 1 aromatic carbocycles. The number of methoxy groups -OCH3 is 1. The fourth-order valence-electron chi connectivity index (χ4n) is 0.992. The van der Waals surface area contributed by atoms with Crippen LogP contribution < -0.4 is 5.32 Å². The van der Waals surface area contributed by atoms with Gasteiger partial charge in [0.2, 0.25) is 6.41 Å². The van der Waals surface area contributed by atoms with E-state index in [1.54, 1.807) is 6.92 Å². The molecule has 0 saturated carbocycles. The molecule has 5 heteroatoms. The Morgan fingerprint density at radius 3 is 2.53 bits per heavy atom. The number of carbonyl (C=O) groups excluding carboxylic acids is 2. The van der Waals surface area contributed by atoms with E-state index in [1.165, 1.54) is 12.7 Å². The molecule has 0 fully saturated rings. The minimum Gasteiger partial charge on any atom is -0.469 e. The van der Waals surface area contributed by atoms with E-state index in [1.807, 2.05) is 18.2 Å². The maximum absolute atomic E-state index is 10.5. The molecule has 1 aromatic rings. The Morgan fingerprint density at radius 1 is 1.58 bits per heavy atom. The summed E-state index contributed by atoms with van der Waals surface area (Å²) in [5, 5.41) is 2.43. The van der Waals surface area contributed by atoms with Gasteiger partial charge in [0.25, 0.3) is 0 Å². The van der Waals surface area contributed by atoms with Gasteiger partial charge < -0.3 is 17.5 Å². The Labute approximate surface area is 130 Å². The average molecular weight is 435 g/mol. The number of hydrogen-bond acceptors (Lipinski definition) is 3. The molecule has 1 N–H and O–H groups in total. The number of rotatable bonds is 4. The summed E-state index contributed by atoms with van der Waals surface area (Å²) in [6, 6.07) is 10.7. The Bertz CT molecular complexity index is 331. The molecule has 1 rings (SSSR count). The zero-order valence-corrected chi connectivity index (χ0v) is 14.7. The number of nitrogens with one attached hydrogen (secondary N) is 1. The van der Waals surface area contributed by atoms with E-state index >= 15 is 0 Å². The van der Waals surface area contributed by atoms with Crippen molar-refractivity contribution in [3.8, 4) is 0 Å². The van der Waals surface area contributed by atoms with Gasteiger partial charge in [-0.1, -0.05) is 6.92 Å². The van der Waals surface area contributed by atoms with Crippen LogP contribution in [0.25, 0.3) is 0 Å². The zero-order chi connectivity index (χ0) is 13.1. The van der Waals surface area contributed by atoms with Gasteiger partial charge in [0, 0.05) is 6.04 Å². The quantitative estimate of drug-likeness (QED) is 0.447. The molecule has 0 aromatic heterocycles. The van der Waals surface area contributed by atoms with Gasteiger partial charge in [-0.15, -0.1) is 0 Å². The monoisotopic (exact) mass is 435 g/mol. The summed E-state index contributed by atoms with van der Waals surface area (Å²) < 4.78 is 4.37. The molecule has 106 valence electrons. The first-order valence-corrected chi connectivity index (χ1v) is 5.29. The Morgan fingerprint density at radius 2 is 2.21 bits per heavy atom. The maximum Gasteiger partial charge on any atom is 2.00 e. The van der Waals surface area contributed by atoms with Gasteiger partial charge in [0.05, 0.1) is 13.5 Å². The van der Waals surface area contributed by atoms with Crippen LogP contribution >= 0.6 is 0 Å². The SMILES string of the molecule is COC(=O)CC(C)NC=O.Cc1c[c-]ccc1.[CH3-].[W+2]. The number of amides is 1. The third-order valence-electron chi connectivity index (χ3n) is 1.92. The van der Waals surface area contributed by atoms with E-state index in [0.717, 1.165) is 0 Å². The molecular formula is C14H21NO3W. The number of aryl methyl sites for hydroxylation is 1. The first kappa shape index (κ1) is 23.0. The standard InChI is InChI=1S/C7H7.C6H11NO3.CH3.W/c1-7-5-3-2-4-6-7;1-5(7-4-8)3-6(9)10-2;;/h2-3,5-6H,1H3;4-5H,3H2,1-2H3,(H,7,8);1H3;/q-1;;-1;+2. The van der Waals surface area contributed by atoms with Gasteiger partial charge in [0.1, 0.15) is 0 Å². The summed E-state index contributed by atoms with van der Waals surface area (Å²) in [7, 11) is 1.32. The van der Waals surface area contributed by atoms with Crippen LogP contribution in [0.2, 0.25) is 0 Å². The van der Waals surface area contributed by atoms with E-state index in [9.17, 15) is 9.59 Å². The van der Waals surface area contributed by atoms with Crippen molar-refractivity contribution in [2.24, 2.45) is 0 Å². The number of ether oxygens (including phenoxy) is 1. The third-order valence-corrected chi connectivity index (χ3v) is 1.92. The van der Waals surface area contributed by atoms with Crippen molar-refractivity contribution >= 4 is 12.4 Å². The van der Waals surface area contributed by atoms with Crippen molar-refractivity contribution in [2.75, 3.05) is 7.11 Å². The van der Waals surface area contributed by atoms with E-state index < -0.39 is 0 Å². The summed E-state index contributed by atoms with van der Waals surface area (Å²) in [5.74, 6) is -0.318. The smallest absolute Gasteiger partial charge is 0.469 e. The van der Waals surface area contributed by atoms with Gasteiger partial charge in [-0.05, 0) is 6.92 Å². The van der Waals surface area contributed by atoms with Crippen molar-refractivity contribution in [2.45, 2.75) is 26.3 Å². The Kier molecular flexibility index (Phi) is 18.0. The normalized spacial score (nSPS) is 9.42. The first-order chi connectivity index (χ1) is 8.10. The molecule has 0 aliphatic carbocycles. The number of esters is 1. The minimum absolute atomic E-state index is 0. The summed E-state index contributed by atoms with van der Waals surface area (Å²) in [5.41, 5.74) is 1.27. The van der Waals surface area contributed by atoms with Crippen LogP contribution in [-0.2, 0) is 35.4 Å². The maximum atomic E-state index is 10.5.